The van der Waals surface area contributed by atoms with Crippen molar-refractivity contribution in [3.8, 4) is 0 Å². The van der Waals surface area contributed by atoms with Gasteiger partial charge in [0.25, 0.3) is 0 Å². The van der Waals surface area contributed by atoms with Crippen LogP contribution in [0.5, 0.6) is 0 Å². The topological polar surface area (TPSA) is 23.6 Å². The molecule has 2 aliphatic rings. The number of carbonyl (C=O) groups is 1. The van der Waals surface area contributed by atoms with E-state index in [4.69, 9.17) is 0 Å². The van der Waals surface area contributed by atoms with Crippen LogP contribution in [-0.2, 0) is 11.2 Å². The molecule has 1 amide bonds. The minimum Gasteiger partial charge on any atom is -0.372 e. The van der Waals surface area contributed by atoms with E-state index in [2.05, 4.69) is 4.90 Å². The summed E-state index contributed by atoms with van der Waals surface area (Å²) in [7, 11) is 0. The van der Waals surface area contributed by atoms with Crippen molar-refractivity contribution in [1.82, 2.24) is 0 Å². The third-order valence-corrected chi connectivity index (χ3v) is 3.92. The van der Waals surface area contributed by atoms with E-state index < -0.39 is 12.1 Å². The summed E-state index contributed by atoms with van der Waals surface area (Å²) in [5.41, 5.74) is 2.27. The highest BCUT2D eigenvalue weighted by atomic mass is 19.4. The molecule has 1 fully saturated rings. The molecule has 3 nitrogen and oxygen atoms in total. The van der Waals surface area contributed by atoms with Crippen LogP contribution in [0.1, 0.15) is 18.4 Å². The zero-order valence-electron chi connectivity index (χ0n) is 10.9. The molecular weight excluding hydrogens is 269 g/mol. The van der Waals surface area contributed by atoms with Crippen molar-refractivity contribution in [2.75, 3.05) is 29.4 Å². The molecule has 1 saturated heterocycles. The van der Waals surface area contributed by atoms with Gasteiger partial charge in [-0.05, 0) is 43.0 Å². The second-order valence-corrected chi connectivity index (χ2v) is 5.21. The summed E-state index contributed by atoms with van der Waals surface area (Å²) in [4.78, 5) is 14.4. The second kappa shape index (κ2) is 4.68. The monoisotopic (exact) mass is 284 g/mol. The number of alkyl halides is 3. The summed E-state index contributed by atoms with van der Waals surface area (Å²) >= 11 is 0. The largest absolute Gasteiger partial charge is 0.471 e. The van der Waals surface area contributed by atoms with Crippen molar-refractivity contribution in [3.63, 3.8) is 0 Å². The minimum absolute atomic E-state index is 0.108. The number of amides is 1. The van der Waals surface area contributed by atoms with Gasteiger partial charge in [-0.15, -0.1) is 0 Å². The van der Waals surface area contributed by atoms with Crippen LogP contribution in [-0.4, -0.2) is 31.7 Å². The molecule has 0 saturated carbocycles. The van der Waals surface area contributed by atoms with Gasteiger partial charge in [-0.1, -0.05) is 0 Å². The van der Waals surface area contributed by atoms with Crippen LogP contribution in [0.25, 0.3) is 0 Å². The van der Waals surface area contributed by atoms with Gasteiger partial charge < -0.3 is 9.80 Å². The van der Waals surface area contributed by atoms with Crippen LogP contribution in [0.15, 0.2) is 18.2 Å². The van der Waals surface area contributed by atoms with E-state index in [0.29, 0.717) is 12.1 Å². The molecule has 3 rings (SSSR count). The van der Waals surface area contributed by atoms with Crippen molar-refractivity contribution < 1.29 is 18.0 Å². The summed E-state index contributed by atoms with van der Waals surface area (Å²) in [5.74, 6) is -1.77. The molecule has 6 heteroatoms. The van der Waals surface area contributed by atoms with Crippen LogP contribution in [0, 0.1) is 0 Å². The number of rotatable bonds is 1. The third-order valence-electron chi connectivity index (χ3n) is 3.92. The van der Waals surface area contributed by atoms with E-state index in [-0.39, 0.29) is 6.54 Å². The molecule has 2 heterocycles. The molecule has 0 aliphatic carbocycles. The number of anilines is 2. The van der Waals surface area contributed by atoms with Crippen LogP contribution < -0.4 is 9.80 Å². The standard InChI is InChI=1S/C14H15F3N2O/c15-14(16,17)13(20)19-8-5-10-9-11(3-4-12(10)19)18-6-1-2-7-18/h3-4,9H,1-2,5-8H2. The first kappa shape index (κ1) is 13.3. The zero-order chi connectivity index (χ0) is 14.3. The zero-order valence-corrected chi connectivity index (χ0v) is 10.9. The predicted octanol–water partition coefficient (Wildman–Crippen LogP) is 2.74. The molecule has 0 radical (unpaired) electrons. The number of fused-ring (bicyclic) bond motifs is 1. The van der Waals surface area contributed by atoms with E-state index in [1.807, 2.05) is 12.1 Å². The Morgan fingerprint density at radius 2 is 1.80 bits per heavy atom. The van der Waals surface area contributed by atoms with E-state index in [0.717, 1.165) is 42.1 Å². The highest BCUT2D eigenvalue weighted by molar-refractivity contribution is 5.99. The number of halogens is 3. The number of hydrogen-bond donors (Lipinski definition) is 0. The fourth-order valence-electron chi connectivity index (χ4n) is 2.92. The molecule has 1 aromatic rings. The Morgan fingerprint density at radius 3 is 2.45 bits per heavy atom. The van der Waals surface area contributed by atoms with Crippen molar-refractivity contribution in [2.24, 2.45) is 0 Å². The van der Waals surface area contributed by atoms with Gasteiger partial charge in [0.2, 0.25) is 0 Å². The Balaban J connectivity index is 1.86. The lowest BCUT2D eigenvalue weighted by Gasteiger charge is -2.21. The van der Waals surface area contributed by atoms with Crippen LogP contribution in [0.3, 0.4) is 0 Å². The van der Waals surface area contributed by atoms with Crippen LogP contribution in [0.2, 0.25) is 0 Å². The lowest BCUT2D eigenvalue weighted by atomic mass is 10.1. The van der Waals surface area contributed by atoms with Gasteiger partial charge in [0, 0.05) is 31.0 Å². The Labute approximate surface area is 115 Å². The van der Waals surface area contributed by atoms with Crippen molar-refractivity contribution in [3.05, 3.63) is 23.8 Å². The maximum Gasteiger partial charge on any atom is 0.471 e. The molecule has 0 spiro atoms. The predicted molar refractivity (Wildman–Crippen MR) is 70.0 cm³/mol. The Hall–Kier alpha value is -1.72. The average Bonchev–Trinajstić information content (AvgIpc) is 3.05. The Kier molecular flexibility index (Phi) is 3.11. The number of benzene rings is 1. The lowest BCUT2D eigenvalue weighted by Crippen LogP contribution is -2.40. The number of hydrogen-bond acceptors (Lipinski definition) is 2. The summed E-state index contributed by atoms with van der Waals surface area (Å²) in [6.45, 7) is 2.09. The molecule has 0 unspecified atom stereocenters. The summed E-state index contributed by atoms with van der Waals surface area (Å²) in [6, 6.07) is 5.37. The first-order chi connectivity index (χ1) is 9.47. The van der Waals surface area contributed by atoms with Gasteiger partial charge in [0.05, 0.1) is 0 Å². The van der Waals surface area contributed by atoms with E-state index >= 15 is 0 Å². The van der Waals surface area contributed by atoms with Crippen molar-refractivity contribution in [2.45, 2.75) is 25.4 Å². The summed E-state index contributed by atoms with van der Waals surface area (Å²) in [5, 5.41) is 0. The van der Waals surface area contributed by atoms with Gasteiger partial charge in [-0.3, -0.25) is 4.79 Å². The van der Waals surface area contributed by atoms with Gasteiger partial charge in [0.15, 0.2) is 0 Å². The van der Waals surface area contributed by atoms with E-state index in [9.17, 15) is 18.0 Å². The minimum atomic E-state index is -4.81. The van der Waals surface area contributed by atoms with Crippen LogP contribution in [0.4, 0.5) is 24.5 Å². The molecule has 0 aromatic heterocycles. The molecule has 0 atom stereocenters. The summed E-state index contributed by atoms with van der Waals surface area (Å²) < 4.78 is 37.6. The maximum atomic E-state index is 12.5. The third kappa shape index (κ3) is 2.23. The molecule has 1 aromatic carbocycles. The fourth-order valence-corrected chi connectivity index (χ4v) is 2.92. The summed E-state index contributed by atoms with van der Waals surface area (Å²) in [6.07, 6.45) is -2.03. The first-order valence-corrected chi connectivity index (χ1v) is 6.73. The smallest absolute Gasteiger partial charge is 0.372 e. The highest BCUT2D eigenvalue weighted by Crippen LogP contribution is 2.35. The second-order valence-electron chi connectivity index (χ2n) is 5.21. The molecular formula is C14H15F3N2O. The maximum absolute atomic E-state index is 12.5. The Morgan fingerprint density at radius 1 is 1.10 bits per heavy atom. The molecule has 20 heavy (non-hydrogen) atoms. The number of nitrogens with zero attached hydrogens (tertiary/aromatic N) is 2. The normalized spacial score (nSPS) is 18.6. The number of carbonyl (C=O) groups excluding carboxylic acids is 1. The fraction of sp³-hybridized carbons (Fsp3) is 0.500. The van der Waals surface area contributed by atoms with Gasteiger partial charge >= 0.3 is 12.1 Å². The Bertz CT molecular complexity index is 536. The van der Waals surface area contributed by atoms with Gasteiger partial charge in [-0.25, -0.2) is 0 Å². The SMILES string of the molecule is O=C(N1CCc2cc(N3CCCC3)ccc21)C(F)(F)F. The average molecular weight is 284 g/mol. The van der Waals surface area contributed by atoms with Gasteiger partial charge in [-0.2, -0.15) is 13.2 Å². The molecule has 108 valence electrons. The first-order valence-electron chi connectivity index (χ1n) is 6.73. The quantitative estimate of drug-likeness (QED) is 0.791. The van der Waals surface area contributed by atoms with E-state index in [1.54, 1.807) is 6.07 Å². The molecule has 0 N–H and O–H groups in total. The van der Waals surface area contributed by atoms with E-state index in [1.165, 1.54) is 0 Å². The highest BCUT2D eigenvalue weighted by Gasteiger charge is 2.44. The van der Waals surface area contributed by atoms with Crippen LogP contribution >= 0.6 is 0 Å². The van der Waals surface area contributed by atoms with Crippen molar-refractivity contribution in [1.29, 1.82) is 0 Å². The van der Waals surface area contributed by atoms with Gasteiger partial charge in [0.1, 0.15) is 0 Å². The lowest BCUT2D eigenvalue weighted by molar-refractivity contribution is -0.170. The molecule has 2 aliphatic heterocycles. The molecule has 0 bridgehead atoms. The van der Waals surface area contributed by atoms with Crippen molar-refractivity contribution >= 4 is 17.3 Å².